The van der Waals surface area contributed by atoms with Gasteiger partial charge in [-0.05, 0) is 37.1 Å². The van der Waals surface area contributed by atoms with E-state index in [9.17, 15) is 9.59 Å². The highest BCUT2D eigenvalue weighted by Crippen LogP contribution is 2.30. The summed E-state index contributed by atoms with van der Waals surface area (Å²) < 4.78 is 5.34. The van der Waals surface area contributed by atoms with Gasteiger partial charge in [0.15, 0.2) is 6.61 Å². The van der Waals surface area contributed by atoms with Crippen molar-refractivity contribution in [1.82, 2.24) is 5.32 Å². The molecule has 0 radical (unpaired) electrons. The molecule has 1 aromatic rings. The van der Waals surface area contributed by atoms with Crippen molar-refractivity contribution in [2.75, 3.05) is 29.5 Å². The average Bonchev–Trinajstić information content (AvgIpc) is 2.62. The van der Waals surface area contributed by atoms with E-state index in [4.69, 9.17) is 4.74 Å². The fourth-order valence-electron chi connectivity index (χ4n) is 3.08. The second-order valence-corrected chi connectivity index (χ2v) is 7.82. The first-order valence-electron chi connectivity index (χ1n) is 8.94. The molecule has 1 aromatic carbocycles. The molecule has 0 atom stereocenters. The number of urea groups is 1. The third-order valence-corrected chi connectivity index (χ3v) is 5.85. The zero-order valence-electron chi connectivity index (χ0n) is 14.3. The van der Waals surface area contributed by atoms with Gasteiger partial charge in [-0.25, -0.2) is 4.79 Å². The van der Waals surface area contributed by atoms with E-state index in [0.29, 0.717) is 23.7 Å². The van der Waals surface area contributed by atoms with Crippen molar-refractivity contribution < 1.29 is 14.3 Å². The molecule has 3 amide bonds. The molecule has 0 unspecified atom stereocenters. The van der Waals surface area contributed by atoms with Crippen molar-refractivity contribution in [3.63, 3.8) is 0 Å². The molecule has 0 spiro atoms. The molecule has 7 heteroatoms. The molecular formula is C18H25N3O3S. The maximum atomic E-state index is 12.0. The van der Waals surface area contributed by atoms with Crippen LogP contribution >= 0.6 is 11.8 Å². The molecule has 1 saturated carbocycles. The molecule has 6 nitrogen and oxygen atoms in total. The molecule has 25 heavy (non-hydrogen) atoms. The summed E-state index contributed by atoms with van der Waals surface area (Å²) in [6.07, 6.45) is 7.80. The fourth-order valence-corrected chi connectivity index (χ4v) is 4.39. The van der Waals surface area contributed by atoms with Gasteiger partial charge in [0, 0.05) is 23.5 Å². The molecule has 0 bridgehead atoms. The van der Waals surface area contributed by atoms with Gasteiger partial charge in [0.25, 0.3) is 5.91 Å². The van der Waals surface area contributed by atoms with Gasteiger partial charge in [0.05, 0.1) is 5.69 Å². The standard InChI is InChI=1S/C18H25N3O3S/c22-17-12-24-16-11-13(7-8-15(16)21-17)20-18(23)19-9-4-10-25-14-5-2-1-3-6-14/h7-8,11,14H,1-6,9-10,12H2,(H,21,22)(H2,19,20,23). The Morgan fingerprint density at radius 2 is 2.12 bits per heavy atom. The SMILES string of the molecule is O=C1COc2cc(NC(=O)NCCCSC3CCCCC3)ccc2N1. The third kappa shape index (κ3) is 5.56. The summed E-state index contributed by atoms with van der Waals surface area (Å²) in [6.45, 7) is 0.671. The van der Waals surface area contributed by atoms with Crippen LogP contribution < -0.4 is 20.7 Å². The normalized spacial score (nSPS) is 17.2. The van der Waals surface area contributed by atoms with Gasteiger partial charge in [-0.2, -0.15) is 11.8 Å². The Bertz CT molecular complexity index is 618. The topological polar surface area (TPSA) is 79.5 Å². The highest BCUT2D eigenvalue weighted by atomic mass is 32.2. The molecular weight excluding hydrogens is 338 g/mol. The van der Waals surface area contributed by atoms with Crippen molar-refractivity contribution in [2.45, 2.75) is 43.8 Å². The van der Waals surface area contributed by atoms with Crippen LogP contribution in [-0.2, 0) is 4.79 Å². The van der Waals surface area contributed by atoms with Crippen LogP contribution in [0.15, 0.2) is 18.2 Å². The van der Waals surface area contributed by atoms with E-state index < -0.39 is 0 Å². The predicted octanol–water partition coefficient (Wildman–Crippen LogP) is 3.60. The molecule has 1 aliphatic heterocycles. The Labute approximate surface area is 152 Å². The first kappa shape index (κ1) is 17.9. The first-order valence-corrected chi connectivity index (χ1v) is 9.99. The molecule has 0 aromatic heterocycles. The average molecular weight is 363 g/mol. The minimum Gasteiger partial charge on any atom is -0.482 e. The fraction of sp³-hybridized carbons (Fsp3) is 0.556. The molecule has 1 aliphatic carbocycles. The maximum absolute atomic E-state index is 12.0. The number of ether oxygens (including phenoxy) is 1. The van der Waals surface area contributed by atoms with Crippen molar-refractivity contribution in [3.8, 4) is 5.75 Å². The van der Waals surface area contributed by atoms with Gasteiger partial charge in [-0.1, -0.05) is 19.3 Å². The van der Waals surface area contributed by atoms with Crippen LogP contribution in [0.1, 0.15) is 38.5 Å². The van der Waals surface area contributed by atoms with E-state index >= 15 is 0 Å². The Balaban J connectivity index is 1.34. The smallest absolute Gasteiger partial charge is 0.319 e. The van der Waals surface area contributed by atoms with Crippen LogP contribution in [0.4, 0.5) is 16.2 Å². The molecule has 3 N–H and O–H groups in total. The van der Waals surface area contributed by atoms with Crippen LogP contribution in [0, 0.1) is 0 Å². The summed E-state index contributed by atoms with van der Waals surface area (Å²) in [4.78, 5) is 23.2. The predicted molar refractivity (Wildman–Crippen MR) is 102 cm³/mol. The van der Waals surface area contributed by atoms with Crippen LogP contribution in [0.25, 0.3) is 0 Å². The summed E-state index contributed by atoms with van der Waals surface area (Å²) in [5, 5.41) is 9.22. The minimum absolute atomic E-state index is 0.00130. The lowest BCUT2D eigenvalue weighted by atomic mass is 10.0. The van der Waals surface area contributed by atoms with E-state index in [2.05, 4.69) is 16.0 Å². The van der Waals surface area contributed by atoms with E-state index in [1.54, 1.807) is 18.2 Å². The van der Waals surface area contributed by atoms with Gasteiger partial charge in [0.2, 0.25) is 0 Å². The van der Waals surface area contributed by atoms with Gasteiger partial charge < -0.3 is 20.7 Å². The van der Waals surface area contributed by atoms with Gasteiger partial charge in [-0.3, -0.25) is 4.79 Å². The number of anilines is 2. The van der Waals surface area contributed by atoms with Crippen LogP contribution in [-0.4, -0.2) is 36.1 Å². The van der Waals surface area contributed by atoms with E-state index in [1.165, 1.54) is 32.1 Å². The van der Waals surface area contributed by atoms with Crippen LogP contribution in [0.2, 0.25) is 0 Å². The largest absolute Gasteiger partial charge is 0.482 e. The van der Waals surface area contributed by atoms with Gasteiger partial charge >= 0.3 is 6.03 Å². The molecule has 1 fully saturated rings. The zero-order valence-corrected chi connectivity index (χ0v) is 15.1. The maximum Gasteiger partial charge on any atom is 0.319 e. The van der Waals surface area contributed by atoms with E-state index in [0.717, 1.165) is 17.4 Å². The lowest BCUT2D eigenvalue weighted by Crippen LogP contribution is -2.30. The van der Waals surface area contributed by atoms with Crippen molar-refractivity contribution >= 4 is 35.1 Å². The number of fused-ring (bicyclic) bond motifs is 1. The highest BCUT2D eigenvalue weighted by Gasteiger charge is 2.16. The molecule has 1 heterocycles. The summed E-state index contributed by atoms with van der Waals surface area (Å²) >= 11 is 2.05. The monoisotopic (exact) mass is 363 g/mol. The zero-order chi connectivity index (χ0) is 17.5. The number of benzene rings is 1. The molecule has 136 valence electrons. The van der Waals surface area contributed by atoms with Crippen LogP contribution in [0.3, 0.4) is 0 Å². The second-order valence-electron chi connectivity index (χ2n) is 6.41. The lowest BCUT2D eigenvalue weighted by Gasteiger charge is -2.20. The van der Waals surface area contributed by atoms with Crippen molar-refractivity contribution in [3.05, 3.63) is 18.2 Å². The molecule has 0 saturated heterocycles. The highest BCUT2D eigenvalue weighted by molar-refractivity contribution is 7.99. The van der Waals surface area contributed by atoms with Gasteiger partial charge in [0.1, 0.15) is 5.75 Å². The number of thioether (sulfide) groups is 1. The first-order chi connectivity index (χ1) is 12.2. The number of rotatable bonds is 6. The summed E-state index contributed by atoms with van der Waals surface area (Å²) in [6, 6.07) is 4.96. The third-order valence-electron chi connectivity index (χ3n) is 4.38. The van der Waals surface area contributed by atoms with Crippen LogP contribution in [0.5, 0.6) is 5.75 Å². The summed E-state index contributed by atoms with van der Waals surface area (Å²) in [5.74, 6) is 1.50. The number of carbonyl (C=O) groups excluding carboxylic acids is 2. The quantitative estimate of drug-likeness (QED) is 0.675. The summed E-state index contributed by atoms with van der Waals surface area (Å²) in [5.41, 5.74) is 1.27. The van der Waals surface area contributed by atoms with Crippen molar-refractivity contribution in [2.24, 2.45) is 0 Å². The number of carbonyl (C=O) groups is 2. The number of hydrogen-bond donors (Lipinski definition) is 3. The summed E-state index contributed by atoms with van der Waals surface area (Å²) in [7, 11) is 0. The number of amides is 3. The molecule has 3 rings (SSSR count). The van der Waals surface area contributed by atoms with E-state index in [1.807, 2.05) is 11.8 Å². The Kier molecular flexibility index (Phi) is 6.44. The lowest BCUT2D eigenvalue weighted by molar-refractivity contribution is -0.118. The minimum atomic E-state index is -0.220. The second kappa shape index (κ2) is 8.99. The van der Waals surface area contributed by atoms with E-state index in [-0.39, 0.29) is 18.5 Å². The van der Waals surface area contributed by atoms with Gasteiger partial charge in [-0.15, -0.1) is 0 Å². The number of nitrogens with one attached hydrogen (secondary N) is 3. The molecule has 2 aliphatic rings. The van der Waals surface area contributed by atoms with Crippen molar-refractivity contribution in [1.29, 1.82) is 0 Å². The number of hydrogen-bond acceptors (Lipinski definition) is 4. The Morgan fingerprint density at radius 3 is 2.96 bits per heavy atom. The Morgan fingerprint density at radius 1 is 1.28 bits per heavy atom. The Hall–Kier alpha value is -1.89.